The van der Waals surface area contributed by atoms with Crippen molar-refractivity contribution in [2.45, 2.75) is 0 Å². The SMILES string of the molecule is Nc1ccc(C(=O)OC(=O)c2ccc(N)c(C=Cc3ccccc3)c2)cc1C=Cc1ccccc1. The summed E-state index contributed by atoms with van der Waals surface area (Å²) in [6.45, 7) is 0. The Bertz CT molecular complexity index is 1300. The minimum absolute atomic E-state index is 0.222. The first-order chi connectivity index (χ1) is 17.0. The van der Waals surface area contributed by atoms with Crippen molar-refractivity contribution in [1.29, 1.82) is 0 Å². The van der Waals surface area contributed by atoms with Gasteiger partial charge in [0.1, 0.15) is 0 Å². The quantitative estimate of drug-likeness (QED) is 0.155. The van der Waals surface area contributed by atoms with E-state index in [2.05, 4.69) is 0 Å². The zero-order valence-electron chi connectivity index (χ0n) is 18.9. The Hall–Kier alpha value is -4.90. The van der Waals surface area contributed by atoms with Gasteiger partial charge in [0.05, 0.1) is 11.1 Å². The molecule has 5 heteroatoms. The van der Waals surface area contributed by atoms with Gasteiger partial charge >= 0.3 is 11.9 Å². The molecule has 0 aliphatic carbocycles. The van der Waals surface area contributed by atoms with Gasteiger partial charge in [-0.2, -0.15) is 0 Å². The van der Waals surface area contributed by atoms with Crippen LogP contribution in [0.3, 0.4) is 0 Å². The van der Waals surface area contributed by atoms with Gasteiger partial charge in [0.25, 0.3) is 0 Å². The Morgan fingerprint density at radius 3 is 1.34 bits per heavy atom. The average molecular weight is 461 g/mol. The van der Waals surface area contributed by atoms with Crippen LogP contribution in [0.25, 0.3) is 24.3 Å². The summed E-state index contributed by atoms with van der Waals surface area (Å²) in [4.78, 5) is 25.4. The van der Waals surface area contributed by atoms with E-state index in [4.69, 9.17) is 16.2 Å². The molecule has 0 spiro atoms. The molecule has 0 saturated heterocycles. The molecule has 172 valence electrons. The van der Waals surface area contributed by atoms with Crippen LogP contribution in [0, 0.1) is 0 Å². The van der Waals surface area contributed by atoms with Crippen LogP contribution in [0.5, 0.6) is 0 Å². The number of anilines is 2. The van der Waals surface area contributed by atoms with Gasteiger partial charge in [-0.25, -0.2) is 9.59 Å². The zero-order valence-corrected chi connectivity index (χ0v) is 18.9. The predicted octanol–water partition coefficient (Wildman–Crippen LogP) is 6.19. The van der Waals surface area contributed by atoms with Crippen molar-refractivity contribution in [2.75, 3.05) is 11.5 Å². The fourth-order valence-electron chi connectivity index (χ4n) is 3.39. The van der Waals surface area contributed by atoms with Gasteiger partial charge in [0.15, 0.2) is 0 Å². The van der Waals surface area contributed by atoms with Gasteiger partial charge in [-0.05, 0) is 58.7 Å². The van der Waals surface area contributed by atoms with E-state index < -0.39 is 11.9 Å². The first-order valence-corrected chi connectivity index (χ1v) is 11.0. The van der Waals surface area contributed by atoms with E-state index in [1.54, 1.807) is 24.3 Å². The van der Waals surface area contributed by atoms with Crippen molar-refractivity contribution >= 4 is 47.6 Å². The molecule has 5 nitrogen and oxygen atoms in total. The van der Waals surface area contributed by atoms with E-state index in [0.29, 0.717) is 22.5 Å². The number of rotatable bonds is 6. The minimum Gasteiger partial charge on any atom is -0.398 e. The molecule has 0 fully saturated rings. The average Bonchev–Trinajstić information content (AvgIpc) is 2.88. The largest absolute Gasteiger partial charge is 0.398 e. The van der Waals surface area contributed by atoms with Crippen molar-refractivity contribution in [2.24, 2.45) is 0 Å². The Morgan fingerprint density at radius 2 is 0.943 bits per heavy atom. The summed E-state index contributed by atoms with van der Waals surface area (Å²) in [5.41, 5.74) is 16.9. The summed E-state index contributed by atoms with van der Waals surface area (Å²) in [5.74, 6) is -1.52. The molecule has 0 heterocycles. The van der Waals surface area contributed by atoms with Gasteiger partial charge in [-0.1, -0.05) is 85.0 Å². The van der Waals surface area contributed by atoms with Gasteiger partial charge in [-0.3, -0.25) is 0 Å². The minimum atomic E-state index is -0.762. The van der Waals surface area contributed by atoms with E-state index >= 15 is 0 Å². The topological polar surface area (TPSA) is 95.4 Å². The lowest BCUT2D eigenvalue weighted by molar-refractivity contribution is 0.0398. The second-order valence-electron chi connectivity index (χ2n) is 7.85. The van der Waals surface area contributed by atoms with Crippen LogP contribution in [0.4, 0.5) is 11.4 Å². The molecule has 0 atom stereocenters. The van der Waals surface area contributed by atoms with E-state index in [1.807, 2.05) is 85.0 Å². The molecule has 0 aromatic heterocycles. The van der Waals surface area contributed by atoms with Gasteiger partial charge in [0.2, 0.25) is 0 Å². The molecule has 4 aromatic carbocycles. The number of nitrogen functional groups attached to an aromatic ring is 2. The second-order valence-corrected chi connectivity index (χ2v) is 7.85. The summed E-state index contributed by atoms with van der Waals surface area (Å²) in [6.07, 6.45) is 7.42. The first kappa shape index (κ1) is 23.3. The third-order valence-corrected chi connectivity index (χ3v) is 5.34. The fraction of sp³-hybridized carbons (Fsp3) is 0. The van der Waals surface area contributed by atoms with E-state index in [-0.39, 0.29) is 11.1 Å². The Balaban J connectivity index is 1.49. The number of benzene rings is 4. The summed E-state index contributed by atoms with van der Waals surface area (Å²) < 4.78 is 5.13. The Kier molecular flexibility index (Phi) is 7.19. The number of nitrogens with two attached hydrogens (primary N) is 2. The third kappa shape index (κ3) is 6.12. The van der Waals surface area contributed by atoms with Crippen LogP contribution in [-0.4, -0.2) is 11.9 Å². The normalized spacial score (nSPS) is 11.1. The third-order valence-electron chi connectivity index (χ3n) is 5.34. The molecule has 0 amide bonds. The Labute approximate surface area is 204 Å². The maximum absolute atomic E-state index is 12.7. The highest BCUT2D eigenvalue weighted by atomic mass is 16.6. The van der Waals surface area contributed by atoms with E-state index in [1.165, 1.54) is 12.1 Å². The molecule has 0 saturated carbocycles. The maximum atomic E-state index is 12.7. The summed E-state index contributed by atoms with van der Waals surface area (Å²) >= 11 is 0. The lowest BCUT2D eigenvalue weighted by Gasteiger charge is -2.08. The molecule has 35 heavy (non-hydrogen) atoms. The fourth-order valence-corrected chi connectivity index (χ4v) is 3.39. The lowest BCUT2D eigenvalue weighted by Crippen LogP contribution is -2.13. The highest BCUT2D eigenvalue weighted by Gasteiger charge is 2.16. The molecule has 0 aliphatic rings. The highest BCUT2D eigenvalue weighted by Crippen LogP contribution is 2.21. The monoisotopic (exact) mass is 460 g/mol. The standard InChI is InChI=1S/C30H24N2O3/c31-27-17-15-25(19-23(27)13-11-21-7-3-1-4-8-21)29(33)35-30(34)26-16-18-28(32)24(20-26)14-12-22-9-5-2-6-10-22/h1-20H,31-32H2. The number of carbonyl (C=O) groups is 2. The van der Waals surface area contributed by atoms with Crippen molar-refractivity contribution in [3.05, 3.63) is 130 Å². The van der Waals surface area contributed by atoms with Crippen molar-refractivity contribution in [3.8, 4) is 0 Å². The van der Waals surface area contributed by atoms with Gasteiger partial charge in [0, 0.05) is 11.4 Å². The first-order valence-electron chi connectivity index (χ1n) is 11.0. The molecular weight excluding hydrogens is 436 g/mol. The van der Waals surface area contributed by atoms with Crippen LogP contribution in [0.1, 0.15) is 43.0 Å². The highest BCUT2D eigenvalue weighted by molar-refractivity contribution is 6.03. The van der Waals surface area contributed by atoms with Crippen molar-refractivity contribution < 1.29 is 14.3 Å². The smallest absolute Gasteiger partial charge is 0.346 e. The van der Waals surface area contributed by atoms with Gasteiger partial charge < -0.3 is 16.2 Å². The summed E-state index contributed by atoms with van der Waals surface area (Å²) in [6, 6.07) is 28.9. The van der Waals surface area contributed by atoms with Crippen LogP contribution in [0.15, 0.2) is 97.1 Å². The van der Waals surface area contributed by atoms with Crippen LogP contribution in [-0.2, 0) is 4.74 Å². The maximum Gasteiger partial charge on any atom is 0.346 e. The predicted molar refractivity (Wildman–Crippen MR) is 142 cm³/mol. The van der Waals surface area contributed by atoms with E-state index in [9.17, 15) is 9.59 Å². The van der Waals surface area contributed by atoms with Gasteiger partial charge in [-0.15, -0.1) is 0 Å². The lowest BCUT2D eigenvalue weighted by atomic mass is 10.1. The summed E-state index contributed by atoms with van der Waals surface area (Å²) in [5, 5.41) is 0. The number of carbonyl (C=O) groups excluding carboxylic acids is 2. The molecule has 4 aromatic rings. The number of hydrogen-bond donors (Lipinski definition) is 2. The van der Waals surface area contributed by atoms with Crippen molar-refractivity contribution in [1.82, 2.24) is 0 Å². The number of esters is 2. The molecule has 4 N–H and O–H groups in total. The van der Waals surface area contributed by atoms with Crippen LogP contribution < -0.4 is 11.5 Å². The second kappa shape index (κ2) is 10.8. The zero-order chi connectivity index (χ0) is 24.6. The Morgan fingerprint density at radius 1 is 0.543 bits per heavy atom. The number of hydrogen-bond acceptors (Lipinski definition) is 5. The van der Waals surface area contributed by atoms with Crippen LogP contribution in [0.2, 0.25) is 0 Å². The molecule has 0 radical (unpaired) electrons. The molecule has 0 aliphatic heterocycles. The molecule has 4 rings (SSSR count). The van der Waals surface area contributed by atoms with Crippen molar-refractivity contribution in [3.63, 3.8) is 0 Å². The van der Waals surface area contributed by atoms with Crippen LogP contribution >= 0.6 is 0 Å². The molecule has 0 bridgehead atoms. The molecular formula is C30H24N2O3. The van der Waals surface area contributed by atoms with E-state index in [0.717, 1.165) is 11.1 Å². The molecule has 0 unspecified atom stereocenters. The number of ether oxygens (including phenoxy) is 1. The summed E-state index contributed by atoms with van der Waals surface area (Å²) in [7, 11) is 0.